The van der Waals surface area contributed by atoms with E-state index in [4.69, 9.17) is 23.2 Å². The van der Waals surface area contributed by atoms with E-state index in [0.29, 0.717) is 27.7 Å². The van der Waals surface area contributed by atoms with Crippen molar-refractivity contribution in [3.05, 3.63) is 105 Å². The first-order valence-electron chi connectivity index (χ1n) is 9.54. The van der Waals surface area contributed by atoms with Gasteiger partial charge in [-0.3, -0.25) is 4.79 Å². The number of halogens is 2. The van der Waals surface area contributed by atoms with Crippen molar-refractivity contribution in [1.82, 2.24) is 0 Å². The molecule has 0 unspecified atom stereocenters. The van der Waals surface area contributed by atoms with Crippen LogP contribution >= 0.6 is 23.2 Å². The molecule has 150 valence electrons. The molecule has 0 aromatic heterocycles. The molecule has 1 N–H and O–H groups in total. The number of nitriles is 1. The number of benzene rings is 3. The predicted octanol–water partition coefficient (Wildman–Crippen LogP) is 6.69. The molecule has 0 saturated carbocycles. The van der Waals surface area contributed by atoms with Crippen molar-refractivity contribution in [2.24, 2.45) is 0 Å². The number of anilines is 1. The summed E-state index contributed by atoms with van der Waals surface area (Å²) in [5.74, 6) is -0.456. The first-order valence-corrected chi connectivity index (χ1v) is 10.3. The Balaban J connectivity index is 1.93. The third-order valence-corrected chi connectivity index (χ3v) is 5.36. The molecule has 0 radical (unpaired) electrons. The summed E-state index contributed by atoms with van der Waals surface area (Å²) in [5.41, 5.74) is 4.29. The molecule has 3 aromatic rings. The van der Waals surface area contributed by atoms with Crippen LogP contribution in [0, 0.1) is 11.3 Å². The molecule has 3 rings (SSSR count). The third-order valence-electron chi connectivity index (χ3n) is 4.76. The summed E-state index contributed by atoms with van der Waals surface area (Å²) in [6.07, 6.45) is 2.90. The van der Waals surface area contributed by atoms with Gasteiger partial charge in [0.25, 0.3) is 5.91 Å². The van der Waals surface area contributed by atoms with Gasteiger partial charge in [-0.1, -0.05) is 72.6 Å². The zero-order chi connectivity index (χ0) is 21.5. The van der Waals surface area contributed by atoms with E-state index in [2.05, 4.69) is 5.32 Å². The lowest BCUT2D eigenvalue weighted by Gasteiger charge is -2.11. The molecule has 5 heteroatoms. The lowest BCUT2D eigenvalue weighted by Crippen LogP contribution is -2.14. The highest BCUT2D eigenvalue weighted by Crippen LogP contribution is 2.25. The van der Waals surface area contributed by atoms with Crippen LogP contribution < -0.4 is 5.32 Å². The maximum atomic E-state index is 12.8. The van der Waals surface area contributed by atoms with Crippen molar-refractivity contribution >= 4 is 40.9 Å². The van der Waals surface area contributed by atoms with Crippen LogP contribution in [0.3, 0.4) is 0 Å². The number of aryl methyl sites for hydroxylation is 1. The summed E-state index contributed by atoms with van der Waals surface area (Å²) < 4.78 is 0. The Bertz CT molecular complexity index is 1150. The molecule has 3 aromatic carbocycles. The van der Waals surface area contributed by atoms with Crippen LogP contribution in [0.25, 0.3) is 6.08 Å². The zero-order valence-corrected chi connectivity index (χ0v) is 18.0. The van der Waals surface area contributed by atoms with E-state index in [9.17, 15) is 10.1 Å². The molecule has 1 amide bonds. The van der Waals surface area contributed by atoms with E-state index >= 15 is 0 Å². The Hall–Kier alpha value is -3.06. The second kappa shape index (κ2) is 10.1. The largest absolute Gasteiger partial charge is 0.321 e. The average Bonchev–Trinajstić information content (AvgIpc) is 2.75. The van der Waals surface area contributed by atoms with Crippen molar-refractivity contribution in [2.45, 2.75) is 19.8 Å². The van der Waals surface area contributed by atoms with Crippen LogP contribution in [0.4, 0.5) is 5.69 Å². The summed E-state index contributed by atoms with van der Waals surface area (Å²) in [4.78, 5) is 12.8. The van der Waals surface area contributed by atoms with Gasteiger partial charge in [-0.2, -0.15) is 5.26 Å². The van der Waals surface area contributed by atoms with Crippen molar-refractivity contribution in [1.29, 1.82) is 5.26 Å². The second-order valence-corrected chi connectivity index (χ2v) is 7.59. The molecule has 30 heavy (non-hydrogen) atoms. The summed E-state index contributed by atoms with van der Waals surface area (Å²) >= 11 is 12.5. The van der Waals surface area contributed by atoms with Crippen molar-refractivity contribution in [3.8, 4) is 6.07 Å². The van der Waals surface area contributed by atoms with E-state index in [-0.39, 0.29) is 5.57 Å². The van der Waals surface area contributed by atoms with Crippen LogP contribution in [0.15, 0.2) is 72.3 Å². The number of amides is 1. The summed E-state index contributed by atoms with van der Waals surface area (Å²) in [5, 5.41) is 13.7. The molecular formula is C25H20Cl2N2O. The summed E-state index contributed by atoms with van der Waals surface area (Å²) in [6.45, 7) is 2.01. The van der Waals surface area contributed by atoms with Gasteiger partial charge in [0.2, 0.25) is 0 Å². The molecule has 0 aliphatic carbocycles. The van der Waals surface area contributed by atoms with E-state index in [1.54, 1.807) is 18.2 Å². The molecule has 0 fully saturated rings. The molecule has 0 saturated heterocycles. The number of nitrogens with one attached hydrogen (secondary N) is 1. The smallest absolute Gasteiger partial charge is 0.266 e. The van der Waals surface area contributed by atoms with Gasteiger partial charge in [-0.15, -0.1) is 0 Å². The van der Waals surface area contributed by atoms with Gasteiger partial charge in [-0.25, -0.2) is 0 Å². The van der Waals surface area contributed by atoms with Crippen LogP contribution in [0.2, 0.25) is 10.0 Å². The number of hydrogen-bond donors (Lipinski definition) is 1. The number of para-hydroxylation sites is 1. The highest BCUT2D eigenvalue weighted by molar-refractivity contribution is 6.31. The van der Waals surface area contributed by atoms with E-state index in [0.717, 1.165) is 23.1 Å². The molecular weight excluding hydrogens is 415 g/mol. The number of carbonyl (C=O) groups is 1. The monoisotopic (exact) mass is 434 g/mol. The van der Waals surface area contributed by atoms with Gasteiger partial charge in [0.15, 0.2) is 0 Å². The number of nitrogens with zero attached hydrogens (tertiary/aromatic N) is 1. The van der Waals surface area contributed by atoms with Crippen LogP contribution in [0.5, 0.6) is 0 Å². The molecule has 0 spiro atoms. The Morgan fingerprint density at radius 2 is 1.70 bits per heavy atom. The van der Waals surface area contributed by atoms with Gasteiger partial charge < -0.3 is 5.32 Å². The second-order valence-electron chi connectivity index (χ2n) is 6.75. The minimum Gasteiger partial charge on any atom is -0.321 e. The van der Waals surface area contributed by atoms with E-state index in [1.807, 2.05) is 67.6 Å². The SMILES string of the molecule is CCc1ccccc1NC(=O)/C(C#N)=C/c1cc(Cl)ccc1Cc1ccccc1Cl. The van der Waals surface area contributed by atoms with Crippen molar-refractivity contribution < 1.29 is 4.79 Å². The van der Waals surface area contributed by atoms with Gasteiger partial charge in [-0.05, 0) is 65.4 Å². The fourth-order valence-electron chi connectivity index (χ4n) is 3.15. The lowest BCUT2D eigenvalue weighted by atomic mass is 9.98. The molecule has 0 heterocycles. The Morgan fingerprint density at radius 1 is 1.00 bits per heavy atom. The zero-order valence-electron chi connectivity index (χ0n) is 16.5. The van der Waals surface area contributed by atoms with Gasteiger partial charge in [0, 0.05) is 15.7 Å². The first kappa shape index (κ1) is 21.6. The third kappa shape index (κ3) is 5.30. The van der Waals surface area contributed by atoms with E-state index < -0.39 is 5.91 Å². The number of carbonyl (C=O) groups excluding carboxylic acids is 1. The minimum absolute atomic E-state index is 0.00332. The fourth-order valence-corrected chi connectivity index (χ4v) is 3.54. The molecule has 0 bridgehead atoms. The molecule has 0 atom stereocenters. The quantitative estimate of drug-likeness (QED) is 0.346. The van der Waals surface area contributed by atoms with Crippen LogP contribution in [0.1, 0.15) is 29.2 Å². The van der Waals surface area contributed by atoms with E-state index in [1.165, 1.54) is 0 Å². The van der Waals surface area contributed by atoms with Gasteiger partial charge >= 0.3 is 0 Å². The predicted molar refractivity (Wildman–Crippen MR) is 124 cm³/mol. The number of hydrogen-bond acceptors (Lipinski definition) is 2. The topological polar surface area (TPSA) is 52.9 Å². The standard InChI is InChI=1S/C25H20Cl2N2O/c1-2-17-7-4-6-10-24(17)29-25(30)21(16-28)14-20-15-22(26)12-11-18(20)13-19-8-3-5-9-23(19)27/h3-12,14-15H,2,13H2,1H3,(H,29,30)/b21-14+. The fraction of sp³-hybridized carbons (Fsp3) is 0.120. The van der Waals surface area contributed by atoms with Crippen molar-refractivity contribution in [2.75, 3.05) is 5.32 Å². The Kier molecular flexibility index (Phi) is 7.30. The van der Waals surface area contributed by atoms with Crippen LogP contribution in [-0.4, -0.2) is 5.91 Å². The van der Waals surface area contributed by atoms with Crippen LogP contribution in [-0.2, 0) is 17.6 Å². The first-order chi connectivity index (χ1) is 14.5. The Labute approximate surface area is 186 Å². The number of rotatable bonds is 6. The molecule has 3 nitrogen and oxygen atoms in total. The average molecular weight is 435 g/mol. The minimum atomic E-state index is -0.456. The normalized spacial score (nSPS) is 11.1. The van der Waals surface area contributed by atoms with Gasteiger partial charge in [0.05, 0.1) is 0 Å². The summed E-state index contributed by atoms with van der Waals surface area (Å²) in [6, 6.07) is 22.6. The summed E-state index contributed by atoms with van der Waals surface area (Å²) in [7, 11) is 0. The highest BCUT2D eigenvalue weighted by Gasteiger charge is 2.13. The van der Waals surface area contributed by atoms with Gasteiger partial charge in [0.1, 0.15) is 11.6 Å². The maximum absolute atomic E-state index is 12.8. The highest BCUT2D eigenvalue weighted by atomic mass is 35.5. The van der Waals surface area contributed by atoms with Crippen molar-refractivity contribution in [3.63, 3.8) is 0 Å². The lowest BCUT2D eigenvalue weighted by molar-refractivity contribution is -0.112. The maximum Gasteiger partial charge on any atom is 0.266 e. The molecule has 0 aliphatic rings. The molecule has 0 aliphatic heterocycles. The Morgan fingerprint density at radius 3 is 2.40 bits per heavy atom.